The second-order valence-electron chi connectivity index (χ2n) is 5.55. The number of halogens is 3. The number of carbonyl (C=O) groups excluding carboxylic acids is 2. The van der Waals surface area contributed by atoms with Crippen LogP contribution in [0.25, 0.3) is 0 Å². The van der Waals surface area contributed by atoms with Gasteiger partial charge in [0.1, 0.15) is 0 Å². The summed E-state index contributed by atoms with van der Waals surface area (Å²) < 4.78 is 42.3. The largest absolute Gasteiger partial charge is 0.468 e. The van der Waals surface area contributed by atoms with Crippen LogP contribution in [0.5, 0.6) is 0 Å². The van der Waals surface area contributed by atoms with Gasteiger partial charge in [-0.2, -0.15) is 13.2 Å². The maximum absolute atomic E-state index is 12.6. The Labute approximate surface area is 141 Å². The smallest absolute Gasteiger partial charge is 0.427 e. The van der Waals surface area contributed by atoms with E-state index in [0.717, 1.165) is 0 Å². The highest BCUT2D eigenvalue weighted by Gasteiger charge is 2.39. The molecule has 0 spiro atoms. The van der Waals surface area contributed by atoms with Crippen LogP contribution in [0.4, 0.5) is 18.9 Å². The minimum absolute atomic E-state index is 0.121. The normalized spacial score (nSPS) is 11.3. The van der Waals surface area contributed by atoms with Crippen molar-refractivity contribution in [2.75, 3.05) is 19.4 Å². The molecule has 25 heavy (non-hydrogen) atoms. The van der Waals surface area contributed by atoms with Crippen LogP contribution in [0.15, 0.2) is 28.7 Å². The molecule has 0 saturated heterocycles. The third-order valence-electron chi connectivity index (χ3n) is 3.28. The number of rotatable bonds is 4. The van der Waals surface area contributed by atoms with E-state index in [1.54, 1.807) is 38.4 Å². The quantitative estimate of drug-likeness (QED) is 0.915. The van der Waals surface area contributed by atoms with Gasteiger partial charge in [0.05, 0.1) is 12.1 Å². The van der Waals surface area contributed by atoms with Gasteiger partial charge in [0.25, 0.3) is 5.91 Å². The third-order valence-corrected chi connectivity index (χ3v) is 3.28. The van der Waals surface area contributed by atoms with Crippen molar-refractivity contribution in [3.63, 3.8) is 0 Å². The van der Waals surface area contributed by atoms with Gasteiger partial charge in [0.15, 0.2) is 0 Å². The van der Waals surface area contributed by atoms with Crippen molar-refractivity contribution < 1.29 is 27.2 Å². The molecule has 1 heterocycles. The molecule has 0 bridgehead atoms. The number of likely N-dealkylation sites (N-methyl/N-ethyl adjacent to an activating group) is 1. The van der Waals surface area contributed by atoms with Crippen LogP contribution in [-0.4, -0.2) is 35.8 Å². The molecular weight excluding hydrogens is 339 g/mol. The fourth-order valence-corrected chi connectivity index (χ4v) is 2.01. The summed E-state index contributed by atoms with van der Waals surface area (Å²) in [5.74, 6) is -2.96. The minimum Gasteiger partial charge on any atom is -0.427 e. The van der Waals surface area contributed by atoms with E-state index in [1.165, 1.54) is 11.8 Å². The average Bonchev–Trinajstić information content (AvgIpc) is 2.89. The molecule has 6 nitrogen and oxygen atoms in total. The second-order valence-corrected chi connectivity index (χ2v) is 5.55. The number of hydrogen-bond donors (Lipinski definition) is 1. The van der Waals surface area contributed by atoms with Gasteiger partial charge in [-0.05, 0) is 24.6 Å². The number of benzene rings is 1. The molecule has 0 fully saturated rings. The van der Waals surface area contributed by atoms with Gasteiger partial charge in [0, 0.05) is 19.8 Å². The van der Waals surface area contributed by atoms with Gasteiger partial charge in [-0.25, -0.2) is 4.98 Å². The predicted molar refractivity (Wildman–Crippen MR) is 83.0 cm³/mol. The van der Waals surface area contributed by atoms with Gasteiger partial charge >= 0.3 is 12.1 Å². The van der Waals surface area contributed by atoms with Crippen molar-refractivity contribution in [1.82, 2.24) is 9.88 Å². The Morgan fingerprint density at radius 3 is 2.52 bits per heavy atom. The van der Waals surface area contributed by atoms with Gasteiger partial charge in [-0.3, -0.25) is 9.59 Å². The van der Waals surface area contributed by atoms with Gasteiger partial charge in [-0.15, -0.1) is 0 Å². The van der Waals surface area contributed by atoms with Crippen molar-refractivity contribution in [3.8, 4) is 0 Å². The number of nitrogens with one attached hydrogen (secondary N) is 1. The molecule has 0 aliphatic heterocycles. The number of amides is 2. The fraction of sp³-hybridized carbons (Fsp3) is 0.312. The van der Waals surface area contributed by atoms with E-state index in [-0.39, 0.29) is 18.0 Å². The number of anilines is 1. The molecule has 9 heteroatoms. The Bertz CT molecular complexity index is 797. The molecule has 2 amide bonds. The number of aromatic nitrogens is 1. The second kappa shape index (κ2) is 6.96. The molecule has 0 aliphatic carbocycles. The summed E-state index contributed by atoms with van der Waals surface area (Å²) in [6.07, 6.45) is -4.63. The first kappa shape index (κ1) is 18.5. The summed E-state index contributed by atoms with van der Waals surface area (Å²) in [6.45, 7) is 1.25. The first-order valence-corrected chi connectivity index (χ1v) is 7.23. The topological polar surface area (TPSA) is 75.4 Å². The summed E-state index contributed by atoms with van der Waals surface area (Å²) in [6, 6.07) is 6.45. The lowest BCUT2D eigenvalue weighted by Gasteiger charge is -2.11. The molecule has 0 saturated carbocycles. The Morgan fingerprint density at radius 2 is 1.96 bits per heavy atom. The number of carbonyl (C=O) groups is 2. The number of alkyl halides is 3. The van der Waals surface area contributed by atoms with E-state index >= 15 is 0 Å². The monoisotopic (exact) mass is 355 g/mol. The van der Waals surface area contributed by atoms with Crippen molar-refractivity contribution in [2.45, 2.75) is 19.5 Å². The van der Waals surface area contributed by atoms with Crippen LogP contribution >= 0.6 is 0 Å². The van der Waals surface area contributed by atoms with Gasteiger partial charge in [0.2, 0.25) is 11.7 Å². The molecule has 134 valence electrons. The Balaban J connectivity index is 2.16. The predicted octanol–water partition coefficient (Wildman–Crippen LogP) is 2.88. The van der Waals surface area contributed by atoms with Crippen LogP contribution in [0.1, 0.15) is 27.7 Å². The zero-order valence-electron chi connectivity index (χ0n) is 13.8. The van der Waals surface area contributed by atoms with Crippen molar-refractivity contribution in [1.29, 1.82) is 0 Å². The van der Waals surface area contributed by atoms with Crippen molar-refractivity contribution in [3.05, 3.63) is 47.2 Å². The van der Waals surface area contributed by atoms with Crippen molar-refractivity contribution in [2.24, 2.45) is 0 Å². The lowest BCUT2D eigenvalue weighted by molar-refractivity contribution is -0.157. The molecule has 0 atom stereocenters. The van der Waals surface area contributed by atoms with E-state index in [1.807, 2.05) is 0 Å². The van der Waals surface area contributed by atoms with Crippen LogP contribution in [0.2, 0.25) is 0 Å². The Kier molecular flexibility index (Phi) is 5.15. The summed E-state index contributed by atoms with van der Waals surface area (Å²) in [5.41, 5.74) is 0.823. The molecular formula is C16H16F3N3O3. The lowest BCUT2D eigenvalue weighted by atomic mass is 10.1. The molecule has 1 aromatic carbocycles. The summed E-state index contributed by atoms with van der Waals surface area (Å²) in [4.78, 5) is 28.5. The number of nitrogens with zero attached hydrogens (tertiary/aromatic N) is 2. The minimum atomic E-state index is -4.77. The molecule has 0 radical (unpaired) electrons. The summed E-state index contributed by atoms with van der Waals surface area (Å²) in [5, 5.41) is 2.44. The van der Waals surface area contributed by atoms with Crippen molar-refractivity contribution >= 4 is 17.5 Å². The molecule has 2 aromatic rings. The number of oxazole rings is 1. The van der Waals surface area contributed by atoms with E-state index in [0.29, 0.717) is 11.3 Å². The highest BCUT2D eigenvalue weighted by Crippen LogP contribution is 2.30. The summed E-state index contributed by atoms with van der Waals surface area (Å²) >= 11 is 0. The Morgan fingerprint density at radius 1 is 1.28 bits per heavy atom. The van der Waals surface area contributed by atoms with Crippen LogP contribution < -0.4 is 5.32 Å². The van der Waals surface area contributed by atoms with E-state index in [2.05, 4.69) is 14.7 Å². The highest BCUT2D eigenvalue weighted by molar-refractivity contribution is 6.03. The number of aryl methyl sites for hydroxylation is 1. The first-order valence-electron chi connectivity index (χ1n) is 7.23. The van der Waals surface area contributed by atoms with E-state index < -0.39 is 23.7 Å². The Hall–Kier alpha value is -2.84. The molecule has 0 aliphatic rings. The standard InChI is InChI=1S/C16H16F3N3O3/c1-9-13(25-15(20-9)16(17,18)19)14(24)21-11-6-4-5-10(7-11)8-12(23)22(2)3/h4-7H,8H2,1-3H3,(H,21,24). The van der Waals surface area contributed by atoms with Crippen LogP contribution in [0.3, 0.4) is 0 Å². The van der Waals surface area contributed by atoms with Crippen LogP contribution in [-0.2, 0) is 17.4 Å². The average molecular weight is 355 g/mol. The molecule has 0 unspecified atom stereocenters. The zero-order chi connectivity index (χ0) is 18.8. The number of hydrogen-bond acceptors (Lipinski definition) is 4. The fourth-order valence-electron chi connectivity index (χ4n) is 2.01. The van der Waals surface area contributed by atoms with Gasteiger partial charge < -0.3 is 14.6 Å². The van der Waals surface area contributed by atoms with Crippen LogP contribution in [0, 0.1) is 6.92 Å². The molecule has 1 aromatic heterocycles. The third kappa shape index (κ3) is 4.59. The molecule has 2 rings (SSSR count). The van der Waals surface area contributed by atoms with E-state index in [9.17, 15) is 22.8 Å². The van der Waals surface area contributed by atoms with E-state index in [4.69, 9.17) is 0 Å². The summed E-state index contributed by atoms with van der Waals surface area (Å²) in [7, 11) is 3.25. The molecule has 1 N–H and O–H groups in total. The SMILES string of the molecule is Cc1nc(C(F)(F)F)oc1C(=O)Nc1cccc(CC(=O)N(C)C)c1. The van der Waals surface area contributed by atoms with Gasteiger partial charge in [-0.1, -0.05) is 12.1 Å². The maximum atomic E-state index is 12.6. The maximum Gasteiger partial charge on any atom is 0.468 e. The zero-order valence-corrected chi connectivity index (χ0v) is 13.8. The lowest BCUT2D eigenvalue weighted by Crippen LogP contribution is -2.23. The first-order chi connectivity index (χ1) is 11.6. The highest BCUT2D eigenvalue weighted by atomic mass is 19.4.